The van der Waals surface area contributed by atoms with Crippen molar-refractivity contribution in [2.45, 2.75) is 20.3 Å². The molecule has 3 rings (SSSR count). The Hall–Kier alpha value is -3.10. The minimum Gasteiger partial charge on any atom is -0.309 e. The van der Waals surface area contributed by atoms with Gasteiger partial charge in [0.25, 0.3) is 11.6 Å². The molecule has 0 saturated heterocycles. The molecule has 0 aliphatic heterocycles. The molecule has 1 amide bonds. The molecular weight excluding hydrogens is 412 g/mol. The predicted molar refractivity (Wildman–Crippen MR) is 127 cm³/mol. The fourth-order valence-corrected chi connectivity index (χ4v) is 4.34. The normalized spacial score (nSPS) is 11.5. The largest absolute Gasteiger partial charge is 0.309 e. The first-order valence-electron chi connectivity index (χ1n) is 10.0. The number of nitro benzene ring substituents is 1. The monoisotopic (exact) mass is 438 g/mol. The Balaban J connectivity index is 1.86. The first-order chi connectivity index (χ1) is 14.7. The van der Waals surface area contributed by atoms with Gasteiger partial charge in [0.2, 0.25) is 0 Å². The molecule has 0 bridgehead atoms. The van der Waals surface area contributed by atoms with Crippen LogP contribution in [0.1, 0.15) is 23.1 Å². The number of fused-ring (bicyclic) bond motifs is 1. The van der Waals surface area contributed by atoms with E-state index in [1.165, 1.54) is 29.5 Å². The summed E-state index contributed by atoms with van der Waals surface area (Å²) in [6, 6.07) is 10.3. The first kappa shape index (κ1) is 22.6. The Morgan fingerprint density at radius 2 is 1.87 bits per heavy atom. The van der Waals surface area contributed by atoms with E-state index in [0.717, 1.165) is 39.9 Å². The fourth-order valence-electron chi connectivity index (χ4n) is 3.29. The standard InChI is InChI=1S/C23H26N4O3S/c1-16-14-17(2)22-20(15-16)24-23(31-22)26(13-5-12-25(3)4)21(28)11-8-18-6-9-19(10-7-18)27(29)30/h6-11,14-15H,5,12-13H2,1-4H3. The number of carbonyl (C=O) groups is 1. The summed E-state index contributed by atoms with van der Waals surface area (Å²) in [5.74, 6) is -0.162. The molecule has 0 N–H and O–H groups in total. The zero-order valence-electron chi connectivity index (χ0n) is 18.2. The highest BCUT2D eigenvalue weighted by atomic mass is 32.1. The lowest BCUT2D eigenvalue weighted by atomic mass is 10.1. The molecule has 162 valence electrons. The lowest BCUT2D eigenvalue weighted by Gasteiger charge is -2.19. The lowest BCUT2D eigenvalue weighted by molar-refractivity contribution is -0.384. The summed E-state index contributed by atoms with van der Waals surface area (Å²) in [5, 5.41) is 11.5. The lowest BCUT2D eigenvalue weighted by Crippen LogP contribution is -2.32. The molecule has 3 aromatic rings. The van der Waals surface area contributed by atoms with E-state index in [1.54, 1.807) is 23.1 Å². The van der Waals surface area contributed by atoms with Crippen molar-refractivity contribution >= 4 is 44.4 Å². The van der Waals surface area contributed by atoms with Gasteiger partial charge in [0.05, 0.1) is 15.1 Å². The van der Waals surface area contributed by atoms with E-state index in [2.05, 4.69) is 17.9 Å². The molecule has 0 aliphatic rings. The van der Waals surface area contributed by atoms with Gasteiger partial charge in [-0.15, -0.1) is 0 Å². The maximum absolute atomic E-state index is 13.1. The van der Waals surface area contributed by atoms with Crippen molar-refractivity contribution in [1.82, 2.24) is 9.88 Å². The van der Waals surface area contributed by atoms with E-state index in [1.807, 2.05) is 27.1 Å². The maximum Gasteiger partial charge on any atom is 0.269 e. The molecule has 0 saturated carbocycles. The molecule has 7 nitrogen and oxygen atoms in total. The van der Waals surface area contributed by atoms with Gasteiger partial charge in [-0.1, -0.05) is 17.4 Å². The van der Waals surface area contributed by atoms with Gasteiger partial charge in [-0.25, -0.2) is 4.98 Å². The van der Waals surface area contributed by atoms with Crippen LogP contribution in [0, 0.1) is 24.0 Å². The highest BCUT2D eigenvalue weighted by Gasteiger charge is 2.18. The third kappa shape index (κ3) is 5.74. The Kier molecular flexibility index (Phi) is 7.14. The van der Waals surface area contributed by atoms with Crippen LogP contribution in [-0.4, -0.2) is 47.9 Å². The second kappa shape index (κ2) is 9.80. The van der Waals surface area contributed by atoms with E-state index >= 15 is 0 Å². The van der Waals surface area contributed by atoms with E-state index < -0.39 is 4.92 Å². The Morgan fingerprint density at radius 1 is 1.16 bits per heavy atom. The topological polar surface area (TPSA) is 79.6 Å². The minimum atomic E-state index is -0.442. The number of nitro groups is 1. The van der Waals surface area contributed by atoms with Crippen LogP contribution >= 0.6 is 11.3 Å². The molecule has 0 atom stereocenters. The molecule has 31 heavy (non-hydrogen) atoms. The number of anilines is 1. The van der Waals surface area contributed by atoms with Crippen molar-refractivity contribution in [3.05, 3.63) is 69.3 Å². The van der Waals surface area contributed by atoms with Crippen LogP contribution in [0.25, 0.3) is 16.3 Å². The molecule has 0 fully saturated rings. The molecule has 0 spiro atoms. The van der Waals surface area contributed by atoms with E-state index in [9.17, 15) is 14.9 Å². The smallest absolute Gasteiger partial charge is 0.269 e. The first-order valence-corrected chi connectivity index (χ1v) is 10.8. The van der Waals surface area contributed by atoms with Crippen molar-refractivity contribution in [2.75, 3.05) is 32.1 Å². The Bertz CT molecular complexity index is 1120. The number of non-ortho nitro benzene ring substituents is 1. The third-order valence-electron chi connectivity index (χ3n) is 4.82. The van der Waals surface area contributed by atoms with Gasteiger partial charge in [-0.05, 0) is 81.9 Å². The number of benzene rings is 2. The van der Waals surface area contributed by atoms with Gasteiger partial charge in [0.1, 0.15) is 0 Å². The van der Waals surface area contributed by atoms with Gasteiger partial charge in [-0.3, -0.25) is 19.8 Å². The number of aryl methyl sites for hydroxylation is 2. The van der Waals surface area contributed by atoms with E-state index in [-0.39, 0.29) is 11.6 Å². The highest BCUT2D eigenvalue weighted by molar-refractivity contribution is 7.22. The maximum atomic E-state index is 13.1. The number of aromatic nitrogens is 1. The molecule has 1 heterocycles. The Morgan fingerprint density at radius 3 is 2.52 bits per heavy atom. The molecule has 2 aromatic carbocycles. The van der Waals surface area contributed by atoms with Crippen LogP contribution in [0.3, 0.4) is 0 Å². The third-order valence-corrected chi connectivity index (χ3v) is 6.04. The Labute approximate surface area is 185 Å². The van der Waals surface area contributed by atoms with Crippen molar-refractivity contribution in [3.8, 4) is 0 Å². The van der Waals surface area contributed by atoms with Crippen molar-refractivity contribution < 1.29 is 9.72 Å². The zero-order chi connectivity index (χ0) is 22.5. The van der Waals surface area contributed by atoms with Crippen LogP contribution in [-0.2, 0) is 4.79 Å². The fraction of sp³-hybridized carbons (Fsp3) is 0.304. The summed E-state index contributed by atoms with van der Waals surface area (Å²) >= 11 is 1.53. The molecule has 8 heteroatoms. The summed E-state index contributed by atoms with van der Waals surface area (Å²) in [7, 11) is 4.01. The number of hydrogen-bond donors (Lipinski definition) is 0. The SMILES string of the molecule is Cc1cc(C)c2sc(N(CCCN(C)C)C(=O)C=Cc3ccc([N+](=O)[O-])cc3)nc2c1. The number of carbonyl (C=O) groups excluding carboxylic acids is 1. The minimum absolute atomic E-state index is 0.0222. The second-order valence-electron chi connectivity index (χ2n) is 7.76. The van der Waals surface area contributed by atoms with E-state index in [4.69, 9.17) is 4.98 Å². The van der Waals surface area contributed by atoms with E-state index in [0.29, 0.717) is 11.7 Å². The summed E-state index contributed by atoms with van der Waals surface area (Å²) in [6.45, 7) is 5.51. The van der Waals surface area contributed by atoms with Crippen LogP contribution in [0.4, 0.5) is 10.8 Å². The quantitative estimate of drug-likeness (QED) is 0.286. The number of hydrogen-bond acceptors (Lipinski definition) is 6. The summed E-state index contributed by atoms with van der Waals surface area (Å²) in [6.07, 6.45) is 3.99. The molecule has 1 aromatic heterocycles. The van der Waals surface area contributed by atoms with Crippen molar-refractivity contribution in [3.63, 3.8) is 0 Å². The second-order valence-corrected chi connectivity index (χ2v) is 8.73. The summed E-state index contributed by atoms with van der Waals surface area (Å²) in [4.78, 5) is 32.0. The van der Waals surface area contributed by atoms with Crippen LogP contribution in [0.5, 0.6) is 0 Å². The van der Waals surface area contributed by atoms with Gasteiger partial charge < -0.3 is 4.90 Å². The van der Waals surface area contributed by atoms with Crippen molar-refractivity contribution in [1.29, 1.82) is 0 Å². The molecule has 0 radical (unpaired) electrons. The van der Waals surface area contributed by atoms with Gasteiger partial charge in [0.15, 0.2) is 5.13 Å². The van der Waals surface area contributed by atoms with Gasteiger partial charge in [-0.2, -0.15) is 0 Å². The molecular formula is C23H26N4O3S. The molecule has 0 unspecified atom stereocenters. The number of thiazole rings is 1. The van der Waals surface area contributed by atoms with Gasteiger partial charge in [0, 0.05) is 24.8 Å². The number of amides is 1. The van der Waals surface area contributed by atoms with Crippen LogP contribution < -0.4 is 4.90 Å². The highest BCUT2D eigenvalue weighted by Crippen LogP contribution is 2.32. The summed E-state index contributed by atoms with van der Waals surface area (Å²) in [5.41, 5.74) is 3.95. The summed E-state index contributed by atoms with van der Waals surface area (Å²) < 4.78 is 1.09. The average molecular weight is 439 g/mol. The van der Waals surface area contributed by atoms with Crippen molar-refractivity contribution in [2.24, 2.45) is 0 Å². The van der Waals surface area contributed by atoms with Gasteiger partial charge >= 0.3 is 0 Å². The zero-order valence-corrected chi connectivity index (χ0v) is 19.0. The number of nitrogens with zero attached hydrogens (tertiary/aromatic N) is 4. The predicted octanol–water partition coefficient (Wildman–Crippen LogP) is 4.82. The van der Waals surface area contributed by atoms with Crippen LogP contribution in [0.15, 0.2) is 42.5 Å². The molecule has 0 aliphatic carbocycles. The number of rotatable bonds is 8. The van der Waals surface area contributed by atoms with Crippen LogP contribution in [0.2, 0.25) is 0 Å². The average Bonchev–Trinajstić information content (AvgIpc) is 3.13.